The Hall–Kier alpha value is -3.19. The molecule has 0 saturated carbocycles. The summed E-state index contributed by atoms with van der Waals surface area (Å²) in [4.78, 5) is 18.9. The average molecular weight is 434 g/mol. The van der Waals surface area contributed by atoms with E-state index in [0.29, 0.717) is 31.2 Å². The molecule has 7 heteroatoms. The van der Waals surface area contributed by atoms with E-state index in [1.54, 1.807) is 4.90 Å². The summed E-state index contributed by atoms with van der Waals surface area (Å²) < 4.78 is 11.3. The van der Waals surface area contributed by atoms with Crippen LogP contribution in [0.25, 0.3) is 22.8 Å². The number of benzene rings is 2. The standard InChI is InChI=1S/C25H27N3O4/c1-16(2)31-18-8-6-17(7-9-18)24-26-23(27-32-24)20-4-3-5-21-19(20)10-11-25(21)14-22(30)28(15-25)12-13-29/h3-9,16,29H,10-15H2,1-2H3/t25-/m0/s1. The van der Waals surface area contributed by atoms with Crippen molar-refractivity contribution in [1.82, 2.24) is 15.0 Å². The van der Waals surface area contributed by atoms with Crippen LogP contribution in [-0.2, 0) is 16.6 Å². The van der Waals surface area contributed by atoms with Crippen molar-refractivity contribution in [2.75, 3.05) is 19.7 Å². The van der Waals surface area contributed by atoms with Gasteiger partial charge in [-0.2, -0.15) is 4.98 Å². The number of rotatable bonds is 6. The maximum absolute atomic E-state index is 12.5. The topological polar surface area (TPSA) is 88.7 Å². The molecule has 1 aliphatic carbocycles. The van der Waals surface area contributed by atoms with Gasteiger partial charge in [0.15, 0.2) is 0 Å². The monoisotopic (exact) mass is 433 g/mol. The Morgan fingerprint density at radius 1 is 1.22 bits per heavy atom. The molecule has 2 aromatic carbocycles. The number of hydrogen-bond acceptors (Lipinski definition) is 6. The van der Waals surface area contributed by atoms with Gasteiger partial charge in [0, 0.05) is 36.1 Å². The molecule has 0 unspecified atom stereocenters. The lowest BCUT2D eigenvalue weighted by Gasteiger charge is -2.24. The van der Waals surface area contributed by atoms with Crippen molar-refractivity contribution in [3.8, 4) is 28.6 Å². The number of β-amino-alcohol motifs (C(OH)–C–C–N with tert-alkyl or cyclic N) is 1. The molecule has 1 atom stereocenters. The highest BCUT2D eigenvalue weighted by Gasteiger charge is 2.48. The summed E-state index contributed by atoms with van der Waals surface area (Å²) in [6.07, 6.45) is 2.39. The van der Waals surface area contributed by atoms with Crippen molar-refractivity contribution in [3.05, 3.63) is 53.6 Å². The van der Waals surface area contributed by atoms with Crippen LogP contribution in [0.3, 0.4) is 0 Å². The molecule has 32 heavy (non-hydrogen) atoms. The Morgan fingerprint density at radius 2 is 2.03 bits per heavy atom. The van der Waals surface area contributed by atoms with E-state index in [9.17, 15) is 9.90 Å². The van der Waals surface area contributed by atoms with Gasteiger partial charge in [-0.3, -0.25) is 4.79 Å². The number of carbonyl (C=O) groups excluding carboxylic acids is 1. The number of fused-ring (bicyclic) bond motifs is 2. The molecule has 0 radical (unpaired) electrons. The van der Waals surface area contributed by atoms with Crippen LogP contribution in [-0.4, -0.2) is 51.9 Å². The van der Waals surface area contributed by atoms with Crippen molar-refractivity contribution < 1.29 is 19.2 Å². The lowest BCUT2D eigenvalue weighted by atomic mass is 9.80. The van der Waals surface area contributed by atoms with E-state index in [4.69, 9.17) is 9.26 Å². The van der Waals surface area contributed by atoms with Gasteiger partial charge < -0.3 is 19.3 Å². The molecule has 1 aromatic heterocycles. The normalized spacial score (nSPS) is 19.9. The first-order chi connectivity index (χ1) is 15.5. The summed E-state index contributed by atoms with van der Waals surface area (Å²) >= 11 is 0. The van der Waals surface area contributed by atoms with Crippen LogP contribution in [0.2, 0.25) is 0 Å². The van der Waals surface area contributed by atoms with Crippen molar-refractivity contribution in [2.24, 2.45) is 0 Å². The second kappa shape index (κ2) is 8.06. The average Bonchev–Trinajstić information content (AvgIpc) is 3.47. The number of hydrogen-bond donors (Lipinski definition) is 1. The largest absolute Gasteiger partial charge is 0.491 e. The minimum atomic E-state index is -0.184. The third kappa shape index (κ3) is 3.56. The predicted octanol–water partition coefficient (Wildman–Crippen LogP) is 3.60. The number of aliphatic hydroxyl groups excluding tert-OH is 1. The van der Waals surface area contributed by atoms with Gasteiger partial charge in [-0.15, -0.1) is 0 Å². The second-order valence-corrected chi connectivity index (χ2v) is 8.94. The maximum atomic E-state index is 12.5. The fourth-order valence-corrected chi connectivity index (χ4v) is 5.04. The van der Waals surface area contributed by atoms with Crippen molar-refractivity contribution in [3.63, 3.8) is 0 Å². The number of aliphatic hydroxyl groups is 1. The van der Waals surface area contributed by atoms with Gasteiger partial charge in [0.2, 0.25) is 11.7 Å². The summed E-state index contributed by atoms with van der Waals surface area (Å²) in [6.45, 7) is 5.03. The number of nitrogens with zero attached hydrogens (tertiary/aromatic N) is 3. The van der Waals surface area contributed by atoms with Crippen LogP contribution < -0.4 is 4.74 Å². The smallest absolute Gasteiger partial charge is 0.258 e. The second-order valence-electron chi connectivity index (χ2n) is 8.94. The summed E-state index contributed by atoms with van der Waals surface area (Å²) in [5, 5.41) is 13.5. The van der Waals surface area contributed by atoms with E-state index < -0.39 is 0 Å². The number of carbonyl (C=O) groups is 1. The molecule has 5 rings (SSSR count). The first kappa shape index (κ1) is 20.7. The highest BCUT2D eigenvalue weighted by atomic mass is 16.5. The zero-order valence-corrected chi connectivity index (χ0v) is 18.4. The SMILES string of the molecule is CC(C)Oc1ccc(-c2nc(-c3cccc4c3CC[C@@]43CC(=O)N(CCO)C3)no2)cc1. The molecule has 1 spiro atoms. The summed E-state index contributed by atoms with van der Waals surface area (Å²) in [7, 11) is 0. The Morgan fingerprint density at radius 3 is 2.78 bits per heavy atom. The predicted molar refractivity (Wildman–Crippen MR) is 119 cm³/mol. The number of likely N-dealkylation sites (tertiary alicyclic amines) is 1. The molecule has 1 fully saturated rings. The van der Waals surface area contributed by atoms with Crippen LogP contribution in [0.5, 0.6) is 5.75 Å². The first-order valence-corrected chi connectivity index (χ1v) is 11.1. The molecular formula is C25H27N3O4. The Bertz CT molecular complexity index is 1140. The van der Waals surface area contributed by atoms with Gasteiger partial charge in [0.05, 0.1) is 12.7 Å². The van der Waals surface area contributed by atoms with Crippen molar-refractivity contribution in [1.29, 1.82) is 0 Å². The zero-order valence-electron chi connectivity index (χ0n) is 18.4. The third-order valence-electron chi connectivity index (χ3n) is 6.45. The Balaban J connectivity index is 1.43. The highest BCUT2D eigenvalue weighted by molar-refractivity contribution is 5.82. The minimum absolute atomic E-state index is 0.00900. The number of amides is 1. The van der Waals surface area contributed by atoms with Crippen molar-refractivity contribution in [2.45, 2.75) is 44.6 Å². The van der Waals surface area contributed by atoms with Gasteiger partial charge in [-0.25, -0.2) is 0 Å². The molecule has 3 aromatic rings. The highest BCUT2D eigenvalue weighted by Crippen LogP contribution is 2.48. The third-order valence-corrected chi connectivity index (χ3v) is 6.45. The maximum Gasteiger partial charge on any atom is 0.258 e. The molecule has 2 heterocycles. The first-order valence-electron chi connectivity index (χ1n) is 11.1. The summed E-state index contributed by atoms with van der Waals surface area (Å²) in [6, 6.07) is 13.8. The lowest BCUT2D eigenvalue weighted by molar-refractivity contribution is -0.128. The zero-order chi connectivity index (χ0) is 22.3. The molecule has 2 aliphatic rings. The van der Waals surface area contributed by atoms with Gasteiger partial charge in [0.25, 0.3) is 5.89 Å². The van der Waals surface area contributed by atoms with Crippen LogP contribution in [0.1, 0.15) is 37.8 Å². The molecule has 1 amide bonds. The minimum Gasteiger partial charge on any atom is -0.491 e. The van der Waals surface area contributed by atoms with Gasteiger partial charge >= 0.3 is 0 Å². The van der Waals surface area contributed by atoms with E-state index in [2.05, 4.69) is 16.2 Å². The van der Waals surface area contributed by atoms with E-state index in [0.717, 1.165) is 29.7 Å². The molecular weight excluding hydrogens is 406 g/mol. The summed E-state index contributed by atoms with van der Waals surface area (Å²) in [5.41, 5.74) is 4.01. The fraction of sp³-hybridized carbons (Fsp3) is 0.400. The fourth-order valence-electron chi connectivity index (χ4n) is 5.04. The quantitative estimate of drug-likeness (QED) is 0.639. The van der Waals surface area contributed by atoms with Gasteiger partial charge in [-0.1, -0.05) is 23.4 Å². The van der Waals surface area contributed by atoms with Crippen molar-refractivity contribution >= 4 is 5.91 Å². The molecule has 7 nitrogen and oxygen atoms in total. The Labute approximate surface area is 187 Å². The van der Waals surface area contributed by atoms with E-state index in [-0.39, 0.29) is 24.0 Å². The van der Waals surface area contributed by atoms with Crippen LogP contribution in [0, 0.1) is 0 Å². The Kier molecular flexibility index (Phi) is 5.21. The number of aromatic nitrogens is 2. The molecule has 0 bridgehead atoms. The van der Waals surface area contributed by atoms with Gasteiger partial charge in [-0.05, 0) is 62.1 Å². The van der Waals surface area contributed by atoms with E-state index in [1.165, 1.54) is 11.1 Å². The van der Waals surface area contributed by atoms with Crippen LogP contribution in [0.4, 0.5) is 0 Å². The van der Waals surface area contributed by atoms with E-state index >= 15 is 0 Å². The van der Waals surface area contributed by atoms with E-state index in [1.807, 2.05) is 50.2 Å². The molecule has 1 saturated heterocycles. The number of ether oxygens (including phenoxy) is 1. The van der Waals surface area contributed by atoms with Gasteiger partial charge in [0.1, 0.15) is 5.75 Å². The van der Waals surface area contributed by atoms with Crippen LogP contribution >= 0.6 is 0 Å². The van der Waals surface area contributed by atoms with Crippen LogP contribution in [0.15, 0.2) is 47.0 Å². The summed E-state index contributed by atoms with van der Waals surface area (Å²) in [5.74, 6) is 1.94. The molecule has 1 aliphatic heterocycles. The molecule has 1 N–H and O–H groups in total. The lowest BCUT2D eigenvalue weighted by Crippen LogP contribution is -2.32. The molecule has 166 valence electrons.